The van der Waals surface area contributed by atoms with E-state index in [1.54, 1.807) is 19.3 Å². The Labute approximate surface area is 93.9 Å². The van der Waals surface area contributed by atoms with Gasteiger partial charge in [0.1, 0.15) is 0 Å². The molecule has 0 saturated heterocycles. The molecule has 84 valence electrons. The minimum absolute atomic E-state index is 0.0366. The molecule has 0 radical (unpaired) electrons. The van der Waals surface area contributed by atoms with Gasteiger partial charge in [0.05, 0.1) is 6.04 Å². The van der Waals surface area contributed by atoms with Gasteiger partial charge < -0.3 is 9.84 Å². The van der Waals surface area contributed by atoms with E-state index in [9.17, 15) is 0 Å². The van der Waals surface area contributed by atoms with E-state index in [4.69, 9.17) is 4.52 Å². The van der Waals surface area contributed by atoms with E-state index in [1.807, 2.05) is 19.1 Å². The number of rotatable bonds is 4. The molecule has 0 saturated carbocycles. The minimum Gasteiger partial charge on any atom is -0.340 e. The first-order valence-electron chi connectivity index (χ1n) is 5.24. The number of aryl methyl sites for hydroxylation is 1. The van der Waals surface area contributed by atoms with Gasteiger partial charge in [-0.1, -0.05) is 12.1 Å². The van der Waals surface area contributed by atoms with Gasteiger partial charge in [0.2, 0.25) is 5.89 Å². The monoisotopic (exact) mass is 218 g/mol. The van der Waals surface area contributed by atoms with Crippen molar-refractivity contribution in [2.45, 2.75) is 19.9 Å². The molecule has 0 aliphatic rings. The summed E-state index contributed by atoms with van der Waals surface area (Å²) in [5.74, 6) is 1.23. The van der Waals surface area contributed by atoms with Crippen molar-refractivity contribution < 1.29 is 4.52 Å². The lowest BCUT2D eigenvalue weighted by molar-refractivity contribution is 0.382. The van der Waals surface area contributed by atoms with Crippen molar-refractivity contribution >= 4 is 0 Å². The molecule has 2 aromatic heterocycles. The summed E-state index contributed by atoms with van der Waals surface area (Å²) < 4.78 is 5.00. The molecular formula is C11H14N4O. The third-order valence-corrected chi connectivity index (χ3v) is 2.25. The molecule has 0 aliphatic heterocycles. The maximum absolute atomic E-state index is 5.00. The predicted molar refractivity (Wildman–Crippen MR) is 58.8 cm³/mol. The Morgan fingerprint density at radius 1 is 1.38 bits per heavy atom. The third-order valence-electron chi connectivity index (χ3n) is 2.25. The van der Waals surface area contributed by atoms with Crippen LogP contribution in [0.5, 0.6) is 0 Å². The number of hydrogen-bond donors (Lipinski definition) is 1. The van der Waals surface area contributed by atoms with Crippen LogP contribution in [0, 0.1) is 6.92 Å². The molecule has 0 amide bonds. The Bertz CT molecular complexity index is 440. The Morgan fingerprint density at radius 2 is 2.12 bits per heavy atom. The fourth-order valence-electron chi connectivity index (χ4n) is 1.55. The van der Waals surface area contributed by atoms with Crippen molar-refractivity contribution in [2.24, 2.45) is 0 Å². The number of pyridine rings is 1. The Balaban J connectivity index is 2.31. The van der Waals surface area contributed by atoms with E-state index in [2.05, 4.69) is 20.4 Å². The Kier molecular flexibility index (Phi) is 3.26. The SMILES string of the molecule is CCN[C@H](c1ccncc1)c1noc(C)n1. The highest BCUT2D eigenvalue weighted by Crippen LogP contribution is 2.18. The quantitative estimate of drug-likeness (QED) is 0.842. The lowest BCUT2D eigenvalue weighted by Gasteiger charge is -2.13. The standard InChI is InChI=1S/C11H14N4O/c1-3-13-10(9-4-6-12-7-5-9)11-14-8(2)16-15-11/h4-7,10,13H,3H2,1-2H3/t10-/m1/s1. The van der Waals surface area contributed by atoms with Crippen molar-refractivity contribution in [3.63, 3.8) is 0 Å². The largest absolute Gasteiger partial charge is 0.340 e. The Hall–Kier alpha value is -1.75. The van der Waals surface area contributed by atoms with Crippen LogP contribution in [0.1, 0.15) is 30.2 Å². The van der Waals surface area contributed by atoms with Crippen molar-refractivity contribution in [3.05, 3.63) is 41.8 Å². The minimum atomic E-state index is -0.0366. The second kappa shape index (κ2) is 4.85. The van der Waals surface area contributed by atoms with Gasteiger partial charge >= 0.3 is 0 Å². The molecule has 2 rings (SSSR count). The molecule has 2 heterocycles. The molecule has 0 unspecified atom stereocenters. The molecule has 0 fully saturated rings. The first-order valence-corrected chi connectivity index (χ1v) is 5.24. The molecule has 0 bridgehead atoms. The highest BCUT2D eigenvalue weighted by Gasteiger charge is 2.18. The number of nitrogens with zero attached hydrogens (tertiary/aromatic N) is 3. The van der Waals surface area contributed by atoms with Crippen LogP contribution >= 0.6 is 0 Å². The number of hydrogen-bond acceptors (Lipinski definition) is 5. The number of aromatic nitrogens is 3. The van der Waals surface area contributed by atoms with Crippen molar-refractivity contribution in [1.29, 1.82) is 0 Å². The van der Waals surface area contributed by atoms with Crippen LogP contribution < -0.4 is 5.32 Å². The fraction of sp³-hybridized carbons (Fsp3) is 0.364. The van der Waals surface area contributed by atoms with Gasteiger partial charge in [0.25, 0.3) is 0 Å². The van der Waals surface area contributed by atoms with Gasteiger partial charge in [-0.05, 0) is 24.2 Å². The van der Waals surface area contributed by atoms with Crippen LogP contribution in [-0.4, -0.2) is 21.7 Å². The molecule has 16 heavy (non-hydrogen) atoms. The summed E-state index contributed by atoms with van der Waals surface area (Å²) in [6.07, 6.45) is 3.51. The van der Waals surface area contributed by atoms with E-state index in [-0.39, 0.29) is 6.04 Å². The third kappa shape index (κ3) is 2.25. The zero-order valence-corrected chi connectivity index (χ0v) is 9.34. The van der Waals surface area contributed by atoms with Crippen LogP contribution in [0.15, 0.2) is 29.0 Å². The first-order chi connectivity index (χ1) is 7.81. The molecule has 1 atom stereocenters. The van der Waals surface area contributed by atoms with Gasteiger partial charge in [-0.25, -0.2) is 0 Å². The van der Waals surface area contributed by atoms with Gasteiger partial charge in [-0.3, -0.25) is 4.98 Å². The molecular weight excluding hydrogens is 204 g/mol. The van der Waals surface area contributed by atoms with Gasteiger partial charge in [0, 0.05) is 19.3 Å². The topological polar surface area (TPSA) is 63.8 Å². The summed E-state index contributed by atoms with van der Waals surface area (Å²) in [7, 11) is 0. The molecule has 2 aromatic rings. The van der Waals surface area contributed by atoms with Crippen molar-refractivity contribution in [2.75, 3.05) is 6.54 Å². The lowest BCUT2D eigenvalue weighted by atomic mass is 10.1. The average molecular weight is 218 g/mol. The second-order valence-corrected chi connectivity index (χ2v) is 3.44. The van der Waals surface area contributed by atoms with E-state index < -0.39 is 0 Å². The summed E-state index contributed by atoms with van der Waals surface area (Å²) in [5.41, 5.74) is 1.08. The van der Waals surface area contributed by atoms with Gasteiger partial charge in [-0.2, -0.15) is 4.98 Å². The highest BCUT2D eigenvalue weighted by molar-refractivity contribution is 5.21. The summed E-state index contributed by atoms with van der Waals surface area (Å²) in [6.45, 7) is 4.66. The van der Waals surface area contributed by atoms with E-state index in [0.29, 0.717) is 11.7 Å². The zero-order chi connectivity index (χ0) is 11.4. The highest BCUT2D eigenvalue weighted by atomic mass is 16.5. The molecule has 1 N–H and O–H groups in total. The maximum Gasteiger partial charge on any atom is 0.223 e. The summed E-state index contributed by atoms with van der Waals surface area (Å²) in [4.78, 5) is 8.24. The molecule has 5 heteroatoms. The molecule has 0 aromatic carbocycles. The number of nitrogens with one attached hydrogen (secondary N) is 1. The first kappa shape index (κ1) is 10.8. The van der Waals surface area contributed by atoms with Crippen molar-refractivity contribution in [1.82, 2.24) is 20.4 Å². The van der Waals surface area contributed by atoms with Gasteiger partial charge in [-0.15, -0.1) is 0 Å². The normalized spacial score (nSPS) is 12.6. The summed E-state index contributed by atoms with van der Waals surface area (Å²) >= 11 is 0. The fourth-order valence-corrected chi connectivity index (χ4v) is 1.55. The van der Waals surface area contributed by atoms with E-state index in [1.165, 1.54) is 0 Å². The average Bonchev–Trinajstić information content (AvgIpc) is 2.74. The van der Waals surface area contributed by atoms with Crippen LogP contribution in [0.4, 0.5) is 0 Å². The smallest absolute Gasteiger partial charge is 0.223 e. The second-order valence-electron chi connectivity index (χ2n) is 3.44. The molecule has 0 spiro atoms. The predicted octanol–water partition coefficient (Wildman–Crippen LogP) is 1.47. The zero-order valence-electron chi connectivity index (χ0n) is 9.34. The van der Waals surface area contributed by atoms with E-state index >= 15 is 0 Å². The van der Waals surface area contributed by atoms with Crippen LogP contribution in [-0.2, 0) is 0 Å². The summed E-state index contributed by atoms with van der Waals surface area (Å²) in [5, 5.41) is 7.26. The van der Waals surface area contributed by atoms with E-state index in [0.717, 1.165) is 12.1 Å². The van der Waals surface area contributed by atoms with Crippen molar-refractivity contribution in [3.8, 4) is 0 Å². The summed E-state index contributed by atoms with van der Waals surface area (Å²) in [6, 6.07) is 3.85. The molecule has 5 nitrogen and oxygen atoms in total. The van der Waals surface area contributed by atoms with Crippen LogP contribution in [0.2, 0.25) is 0 Å². The van der Waals surface area contributed by atoms with Gasteiger partial charge in [0.15, 0.2) is 5.82 Å². The molecule has 0 aliphatic carbocycles. The lowest BCUT2D eigenvalue weighted by Crippen LogP contribution is -2.23. The maximum atomic E-state index is 5.00. The van der Waals surface area contributed by atoms with Crippen LogP contribution in [0.25, 0.3) is 0 Å². The van der Waals surface area contributed by atoms with Crippen LogP contribution in [0.3, 0.4) is 0 Å². The Morgan fingerprint density at radius 3 is 2.69 bits per heavy atom.